The Labute approximate surface area is 242 Å². The van der Waals surface area contributed by atoms with E-state index >= 15 is 0 Å². The van der Waals surface area contributed by atoms with Gasteiger partial charge in [-0.25, -0.2) is 4.39 Å². The molecule has 10 heteroatoms. The van der Waals surface area contributed by atoms with Gasteiger partial charge < -0.3 is 35.2 Å². The minimum Gasteiger partial charge on any atom is -0.388 e. The summed E-state index contributed by atoms with van der Waals surface area (Å²) in [6.07, 6.45) is -1.57. The molecule has 9 nitrogen and oxygen atoms in total. The van der Waals surface area contributed by atoms with Gasteiger partial charge in [-0.05, 0) is 55.0 Å². The number of nitrogens with two attached hydrogens (primary N) is 1. The molecule has 1 aliphatic heterocycles. The van der Waals surface area contributed by atoms with Crippen LogP contribution in [0.3, 0.4) is 0 Å². The molecule has 0 aliphatic carbocycles. The molecule has 0 aromatic heterocycles. The molecule has 1 saturated heterocycles. The van der Waals surface area contributed by atoms with Gasteiger partial charge in [0.15, 0.2) is 0 Å². The Bertz CT molecular complexity index is 1100. The topological polar surface area (TPSA) is 126 Å². The van der Waals surface area contributed by atoms with Gasteiger partial charge >= 0.3 is 0 Å². The van der Waals surface area contributed by atoms with Crippen molar-refractivity contribution in [3.05, 3.63) is 71.0 Å². The molecular formula is C31H44FN3O6. The van der Waals surface area contributed by atoms with E-state index in [2.05, 4.69) is 0 Å². The van der Waals surface area contributed by atoms with Crippen LogP contribution in [0.15, 0.2) is 48.5 Å². The van der Waals surface area contributed by atoms with Crippen LogP contribution in [0.5, 0.6) is 0 Å². The van der Waals surface area contributed by atoms with Crippen LogP contribution >= 0.6 is 0 Å². The number of benzene rings is 2. The molecule has 0 unspecified atom stereocenters. The van der Waals surface area contributed by atoms with Gasteiger partial charge in [0.2, 0.25) is 0 Å². The van der Waals surface area contributed by atoms with E-state index < -0.39 is 30.0 Å². The molecule has 0 radical (unpaired) electrons. The lowest BCUT2D eigenvalue weighted by molar-refractivity contribution is -0.116. The third-order valence-electron chi connectivity index (χ3n) is 7.21. The first-order valence-electron chi connectivity index (χ1n) is 14.4. The molecule has 226 valence electrons. The Morgan fingerprint density at radius 1 is 1.02 bits per heavy atom. The van der Waals surface area contributed by atoms with E-state index in [9.17, 15) is 24.2 Å². The van der Waals surface area contributed by atoms with E-state index in [-0.39, 0.29) is 37.7 Å². The Morgan fingerprint density at radius 2 is 1.73 bits per heavy atom. The molecule has 1 fully saturated rings. The maximum Gasteiger partial charge on any atom is 0.256 e. The van der Waals surface area contributed by atoms with Gasteiger partial charge in [-0.1, -0.05) is 38.1 Å². The average molecular weight is 574 g/mol. The van der Waals surface area contributed by atoms with E-state index in [1.807, 2.05) is 26.0 Å². The monoisotopic (exact) mass is 573 g/mol. The van der Waals surface area contributed by atoms with Crippen molar-refractivity contribution in [1.82, 2.24) is 9.80 Å². The zero-order valence-corrected chi connectivity index (χ0v) is 24.1. The normalized spacial score (nSPS) is 21.5. The molecule has 0 bridgehead atoms. The van der Waals surface area contributed by atoms with Crippen LogP contribution in [0.25, 0.3) is 0 Å². The molecular weight excluding hydrogens is 529 g/mol. The summed E-state index contributed by atoms with van der Waals surface area (Å²) >= 11 is 0. The first-order valence-corrected chi connectivity index (χ1v) is 14.4. The van der Waals surface area contributed by atoms with Crippen LogP contribution in [-0.4, -0.2) is 96.1 Å². The summed E-state index contributed by atoms with van der Waals surface area (Å²) in [5, 5.41) is 21.7. The van der Waals surface area contributed by atoms with E-state index in [0.29, 0.717) is 57.0 Å². The van der Waals surface area contributed by atoms with Gasteiger partial charge in [0, 0.05) is 51.5 Å². The third kappa shape index (κ3) is 9.86. The predicted molar refractivity (Wildman–Crippen MR) is 154 cm³/mol. The van der Waals surface area contributed by atoms with E-state index in [0.717, 1.165) is 5.56 Å². The lowest BCUT2D eigenvalue weighted by atomic mass is 10.1. The molecule has 1 aliphatic rings. The average Bonchev–Trinajstić information content (AvgIpc) is 2.97. The van der Waals surface area contributed by atoms with Crippen molar-refractivity contribution in [3.8, 4) is 0 Å². The van der Waals surface area contributed by atoms with Crippen molar-refractivity contribution < 1.29 is 33.7 Å². The first-order chi connectivity index (χ1) is 19.7. The summed E-state index contributed by atoms with van der Waals surface area (Å²) in [5.41, 5.74) is 6.99. The second-order valence-corrected chi connectivity index (χ2v) is 10.9. The number of carbonyl (C=O) groups excluding carboxylic acids is 2. The molecule has 4 N–H and O–H groups in total. The lowest BCUT2D eigenvalue weighted by Gasteiger charge is -2.34. The highest BCUT2D eigenvalue weighted by atomic mass is 19.1. The van der Waals surface area contributed by atoms with Crippen LogP contribution in [-0.2, 0) is 16.0 Å². The Hall–Kier alpha value is -2.89. The first kappa shape index (κ1) is 32.6. The van der Waals surface area contributed by atoms with Crippen molar-refractivity contribution in [2.45, 2.75) is 58.0 Å². The fraction of sp³-hybridized carbons (Fsp3) is 0.548. The second-order valence-electron chi connectivity index (χ2n) is 10.9. The van der Waals surface area contributed by atoms with Gasteiger partial charge in [-0.15, -0.1) is 0 Å². The van der Waals surface area contributed by atoms with Crippen LogP contribution in [0.2, 0.25) is 0 Å². The second kappa shape index (κ2) is 16.5. The number of aliphatic hydroxyl groups is 2. The van der Waals surface area contributed by atoms with Crippen LogP contribution < -0.4 is 5.73 Å². The van der Waals surface area contributed by atoms with Gasteiger partial charge in [-0.2, -0.15) is 0 Å². The number of aliphatic hydroxyl groups excluding tert-OH is 2. The summed E-state index contributed by atoms with van der Waals surface area (Å²) in [5.74, 6) is -1.12. The molecule has 0 saturated carbocycles. The van der Waals surface area contributed by atoms with E-state index in [1.54, 1.807) is 23.1 Å². The van der Waals surface area contributed by atoms with Crippen LogP contribution in [0.1, 0.15) is 59.4 Å². The number of nitrogens with zero attached hydrogens (tertiary/aromatic N) is 2. The molecule has 41 heavy (non-hydrogen) atoms. The molecule has 2 amide bonds. The van der Waals surface area contributed by atoms with E-state index in [1.165, 1.54) is 23.1 Å². The third-order valence-corrected chi connectivity index (χ3v) is 7.21. The van der Waals surface area contributed by atoms with Gasteiger partial charge in [-0.3, -0.25) is 9.59 Å². The predicted octanol–water partition coefficient (Wildman–Crippen LogP) is 2.83. The quantitative estimate of drug-likeness (QED) is 0.465. The molecule has 2 aromatic rings. The summed E-state index contributed by atoms with van der Waals surface area (Å²) in [6.45, 7) is 5.55. The summed E-state index contributed by atoms with van der Waals surface area (Å²) in [4.78, 5) is 30.2. The van der Waals surface area contributed by atoms with Crippen molar-refractivity contribution >= 4 is 11.8 Å². The number of rotatable bonds is 7. The fourth-order valence-electron chi connectivity index (χ4n) is 4.59. The van der Waals surface area contributed by atoms with Crippen molar-refractivity contribution in [3.63, 3.8) is 0 Å². The Balaban J connectivity index is 1.91. The van der Waals surface area contributed by atoms with Crippen molar-refractivity contribution in [2.75, 3.05) is 46.0 Å². The number of hydrogen-bond donors (Lipinski definition) is 3. The summed E-state index contributed by atoms with van der Waals surface area (Å²) in [7, 11) is 0. The summed E-state index contributed by atoms with van der Waals surface area (Å²) in [6, 6.07) is 12.8. The molecule has 3 atom stereocenters. The zero-order chi connectivity index (χ0) is 29.8. The van der Waals surface area contributed by atoms with Crippen molar-refractivity contribution in [1.29, 1.82) is 0 Å². The van der Waals surface area contributed by atoms with Crippen LogP contribution in [0, 0.1) is 11.7 Å². The highest BCUT2D eigenvalue weighted by Crippen LogP contribution is 2.17. The molecule has 1 heterocycles. The minimum atomic E-state index is -1.35. The highest BCUT2D eigenvalue weighted by Gasteiger charge is 2.32. The number of halogens is 1. The lowest BCUT2D eigenvalue weighted by Crippen LogP contribution is -2.51. The Kier molecular flexibility index (Phi) is 13.1. The highest BCUT2D eigenvalue weighted by molar-refractivity contribution is 5.95. The largest absolute Gasteiger partial charge is 0.388 e. The van der Waals surface area contributed by atoms with Crippen molar-refractivity contribution in [2.24, 2.45) is 11.7 Å². The van der Waals surface area contributed by atoms with E-state index in [4.69, 9.17) is 15.2 Å². The maximum atomic E-state index is 14.7. The number of carbonyl (C=O) groups is 2. The Morgan fingerprint density at radius 3 is 2.41 bits per heavy atom. The van der Waals surface area contributed by atoms with Gasteiger partial charge in [0.25, 0.3) is 11.8 Å². The maximum absolute atomic E-state index is 14.7. The smallest absolute Gasteiger partial charge is 0.256 e. The fourth-order valence-corrected chi connectivity index (χ4v) is 4.59. The minimum absolute atomic E-state index is 0.0726. The molecule has 0 spiro atoms. The number of amides is 2. The zero-order valence-electron chi connectivity index (χ0n) is 24.1. The summed E-state index contributed by atoms with van der Waals surface area (Å²) < 4.78 is 26.3. The van der Waals surface area contributed by atoms with Gasteiger partial charge in [0.05, 0.1) is 12.2 Å². The standard InChI is InChI=1S/C31H44FN3O6/c1-22(2)13-18-41-28-20-35(31(39)25-7-3-4-8-26(25)32)16-15-34(14-5-6-17-40-21-27(36)29(28)37)30(38)24-11-9-23(19-33)10-12-24/h3-4,7-12,22,27-29,36-37H,5-6,13-21,33H2,1-2H3/t27-,28-,29-/m1/s1. The number of ether oxygens (including phenoxy) is 2. The SMILES string of the molecule is CC(C)CCO[C@@H]1CN(C(=O)c2ccccc2F)CCN(C(=O)c2ccc(CN)cc2)CCCCOC[C@@H](O)[C@H]1O. The van der Waals surface area contributed by atoms with Gasteiger partial charge in [0.1, 0.15) is 24.1 Å². The number of hydrogen-bond acceptors (Lipinski definition) is 7. The molecule has 2 aromatic carbocycles. The van der Waals surface area contributed by atoms with Crippen LogP contribution in [0.4, 0.5) is 4.39 Å². The molecule has 3 rings (SSSR count).